The molecule has 1 heterocycles. The molecule has 0 aromatic carbocycles. The van der Waals surface area contributed by atoms with Gasteiger partial charge in [0.1, 0.15) is 0 Å². The molecular formula is C17H35NO. The lowest BCUT2D eigenvalue weighted by Gasteiger charge is -2.28. The number of nitrogens with one attached hydrogen (secondary N) is 1. The third-order valence-electron chi connectivity index (χ3n) is 4.50. The zero-order valence-electron chi connectivity index (χ0n) is 13.0. The Morgan fingerprint density at radius 3 is 2.05 bits per heavy atom. The number of hydrogen-bond acceptors (Lipinski definition) is 2. The van der Waals surface area contributed by atoms with E-state index in [1.807, 2.05) is 0 Å². The van der Waals surface area contributed by atoms with Gasteiger partial charge in [-0.1, -0.05) is 71.1 Å². The van der Waals surface area contributed by atoms with Crippen LogP contribution in [0.15, 0.2) is 0 Å². The normalized spacial score (nSPS) is 23.7. The molecule has 0 aliphatic carbocycles. The fraction of sp³-hybridized carbons (Fsp3) is 1.00. The van der Waals surface area contributed by atoms with Crippen molar-refractivity contribution in [2.45, 2.75) is 90.1 Å². The highest BCUT2D eigenvalue weighted by molar-refractivity contribution is 4.77. The molecule has 0 radical (unpaired) electrons. The molecule has 1 aliphatic heterocycles. The summed E-state index contributed by atoms with van der Waals surface area (Å²) in [4.78, 5) is 0. The highest BCUT2D eigenvalue weighted by Crippen LogP contribution is 2.19. The minimum absolute atomic E-state index is 0.0418. The fourth-order valence-electron chi connectivity index (χ4n) is 3.10. The van der Waals surface area contributed by atoms with Crippen molar-refractivity contribution < 1.29 is 5.11 Å². The van der Waals surface area contributed by atoms with E-state index >= 15 is 0 Å². The number of aliphatic hydroxyl groups excluding tert-OH is 1. The van der Waals surface area contributed by atoms with E-state index in [1.165, 1.54) is 70.6 Å². The zero-order chi connectivity index (χ0) is 13.8. The van der Waals surface area contributed by atoms with Gasteiger partial charge in [0, 0.05) is 6.54 Å². The van der Waals surface area contributed by atoms with Crippen molar-refractivity contribution in [3.05, 3.63) is 0 Å². The van der Waals surface area contributed by atoms with E-state index in [-0.39, 0.29) is 6.10 Å². The van der Waals surface area contributed by atoms with Crippen LogP contribution in [-0.2, 0) is 0 Å². The SMILES string of the molecule is CCCCCCCCCCCCC1CNCCC1O. The smallest absolute Gasteiger partial charge is 0.0592 e. The van der Waals surface area contributed by atoms with Gasteiger partial charge in [-0.05, 0) is 25.3 Å². The maximum Gasteiger partial charge on any atom is 0.0592 e. The summed E-state index contributed by atoms with van der Waals surface area (Å²) in [7, 11) is 0. The van der Waals surface area contributed by atoms with Gasteiger partial charge in [-0.25, -0.2) is 0 Å². The van der Waals surface area contributed by atoms with Crippen LogP contribution in [0.1, 0.15) is 84.0 Å². The van der Waals surface area contributed by atoms with Crippen molar-refractivity contribution in [3.63, 3.8) is 0 Å². The van der Waals surface area contributed by atoms with Crippen LogP contribution >= 0.6 is 0 Å². The first-order valence-electron chi connectivity index (χ1n) is 8.73. The molecule has 2 nitrogen and oxygen atoms in total. The first-order chi connectivity index (χ1) is 9.34. The van der Waals surface area contributed by atoms with Crippen molar-refractivity contribution in [1.82, 2.24) is 5.32 Å². The van der Waals surface area contributed by atoms with E-state index in [0.29, 0.717) is 5.92 Å². The molecule has 1 aliphatic rings. The maximum absolute atomic E-state index is 9.87. The second-order valence-electron chi connectivity index (χ2n) is 6.29. The molecule has 1 rings (SSSR count). The van der Waals surface area contributed by atoms with Crippen molar-refractivity contribution >= 4 is 0 Å². The van der Waals surface area contributed by atoms with Crippen LogP contribution in [0, 0.1) is 5.92 Å². The van der Waals surface area contributed by atoms with Crippen molar-refractivity contribution in [3.8, 4) is 0 Å². The third kappa shape index (κ3) is 8.65. The maximum atomic E-state index is 9.87. The van der Waals surface area contributed by atoms with Crippen molar-refractivity contribution in [1.29, 1.82) is 0 Å². The van der Waals surface area contributed by atoms with Gasteiger partial charge >= 0.3 is 0 Å². The van der Waals surface area contributed by atoms with E-state index < -0.39 is 0 Å². The Morgan fingerprint density at radius 2 is 1.47 bits per heavy atom. The minimum Gasteiger partial charge on any atom is -0.393 e. The molecule has 0 bridgehead atoms. The number of aliphatic hydroxyl groups is 1. The largest absolute Gasteiger partial charge is 0.393 e. The standard InChI is InChI=1S/C17H35NO/c1-2-3-4-5-6-7-8-9-10-11-12-16-15-18-14-13-17(16)19/h16-19H,2-15H2,1H3. The second-order valence-corrected chi connectivity index (χ2v) is 6.29. The molecule has 0 saturated carbocycles. The quantitative estimate of drug-likeness (QED) is 0.549. The van der Waals surface area contributed by atoms with Crippen LogP contribution in [0.3, 0.4) is 0 Å². The van der Waals surface area contributed by atoms with E-state index in [9.17, 15) is 5.11 Å². The van der Waals surface area contributed by atoms with Gasteiger partial charge in [-0.2, -0.15) is 0 Å². The summed E-state index contributed by atoms with van der Waals surface area (Å²) < 4.78 is 0. The number of rotatable bonds is 11. The summed E-state index contributed by atoms with van der Waals surface area (Å²) in [5.41, 5.74) is 0. The van der Waals surface area contributed by atoms with Crippen molar-refractivity contribution in [2.24, 2.45) is 5.92 Å². The highest BCUT2D eigenvalue weighted by Gasteiger charge is 2.21. The average Bonchev–Trinajstić information content (AvgIpc) is 2.43. The first kappa shape index (κ1) is 17.0. The highest BCUT2D eigenvalue weighted by atomic mass is 16.3. The van der Waals surface area contributed by atoms with Gasteiger partial charge in [0.05, 0.1) is 6.10 Å². The van der Waals surface area contributed by atoms with Crippen LogP contribution in [0.25, 0.3) is 0 Å². The summed E-state index contributed by atoms with van der Waals surface area (Å²) in [6.07, 6.45) is 16.1. The molecule has 2 unspecified atom stereocenters. The molecule has 2 atom stereocenters. The minimum atomic E-state index is -0.0418. The van der Waals surface area contributed by atoms with E-state index in [0.717, 1.165) is 19.5 Å². The van der Waals surface area contributed by atoms with Crippen molar-refractivity contribution in [2.75, 3.05) is 13.1 Å². The predicted molar refractivity (Wildman–Crippen MR) is 83.4 cm³/mol. The lowest BCUT2D eigenvalue weighted by Crippen LogP contribution is -2.39. The topological polar surface area (TPSA) is 32.3 Å². The third-order valence-corrected chi connectivity index (χ3v) is 4.50. The molecule has 2 N–H and O–H groups in total. The van der Waals surface area contributed by atoms with Gasteiger partial charge in [0.25, 0.3) is 0 Å². The van der Waals surface area contributed by atoms with Crippen LogP contribution < -0.4 is 5.32 Å². The molecule has 2 heteroatoms. The number of unbranched alkanes of at least 4 members (excludes halogenated alkanes) is 9. The summed E-state index contributed by atoms with van der Waals surface area (Å²) in [6.45, 7) is 4.30. The Balaban J connectivity index is 1.80. The molecule has 19 heavy (non-hydrogen) atoms. The summed E-state index contributed by atoms with van der Waals surface area (Å²) in [6, 6.07) is 0. The van der Waals surface area contributed by atoms with Crippen LogP contribution in [0.4, 0.5) is 0 Å². The van der Waals surface area contributed by atoms with Gasteiger partial charge in [0.2, 0.25) is 0 Å². The number of piperidine rings is 1. The molecule has 0 aromatic heterocycles. The molecule has 0 spiro atoms. The predicted octanol–water partition coefficient (Wildman–Crippen LogP) is 4.27. The van der Waals surface area contributed by atoms with Gasteiger partial charge in [0.15, 0.2) is 0 Å². The molecule has 114 valence electrons. The Kier molecular flexibility index (Phi) is 10.5. The fourth-order valence-corrected chi connectivity index (χ4v) is 3.10. The van der Waals surface area contributed by atoms with Crippen LogP contribution in [0.5, 0.6) is 0 Å². The Hall–Kier alpha value is -0.0800. The molecule has 0 amide bonds. The Labute approximate surface area is 120 Å². The van der Waals surface area contributed by atoms with Crippen LogP contribution in [-0.4, -0.2) is 24.3 Å². The first-order valence-corrected chi connectivity index (χ1v) is 8.73. The Morgan fingerprint density at radius 1 is 0.895 bits per heavy atom. The van der Waals surface area contributed by atoms with E-state index in [2.05, 4.69) is 12.2 Å². The van der Waals surface area contributed by atoms with E-state index in [4.69, 9.17) is 0 Å². The summed E-state index contributed by atoms with van der Waals surface area (Å²) in [5, 5.41) is 13.3. The van der Waals surface area contributed by atoms with Gasteiger partial charge < -0.3 is 10.4 Å². The lowest BCUT2D eigenvalue weighted by molar-refractivity contribution is 0.0731. The summed E-state index contributed by atoms with van der Waals surface area (Å²) >= 11 is 0. The molecule has 0 aromatic rings. The lowest BCUT2D eigenvalue weighted by atomic mass is 9.90. The summed E-state index contributed by atoms with van der Waals surface area (Å²) in [5.74, 6) is 0.516. The van der Waals surface area contributed by atoms with Gasteiger partial charge in [-0.3, -0.25) is 0 Å². The van der Waals surface area contributed by atoms with Gasteiger partial charge in [-0.15, -0.1) is 0 Å². The average molecular weight is 269 g/mol. The Bertz CT molecular complexity index is 196. The van der Waals surface area contributed by atoms with E-state index in [1.54, 1.807) is 0 Å². The molecule has 1 saturated heterocycles. The molecule has 1 fully saturated rings. The number of hydrogen-bond donors (Lipinski definition) is 2. The monoisotopic (exact) mass is 269 g/mol. The second kappa shape index (κ2) is 11.7. The van der Waals surface area contributed by atoms with Crippen LogP contribution in [0.2, 0.25) is 0 Å². The molecular weight excluding hydrogens is 234 g/mol. The zero-order valence-corrected chi connectivity index (χ0v) is 13.0.